The van der Waals surface area contributed by atoms with Crippen molar-refractivity contribution in [3.8, 4) is 5.88 Å². The number of nitrogens with zero attached hydrogens (tertiary/aromatic N) is 3. The number of carboxylic acids is 1. The summed E-state index contributed by atoms with van der Waals surface area (Å²) >= 11 is 0. The molecule has 0 fully saturated rings. The monoisotopic (exact) mass is 268 g/mol. The first-order valence-electron chi connectivity index (χ1n) is 5.54. The van der Waals surface area contributed by atoms with Gasteiger partial charge in [-0.15, -0.1) is 0 Å². The molecule has 1 heterocycles. The van der Waals surface area contributed by atoms with Crippen LogP contribution in [0.5, 0.6) is 5.88 Å². The van der Waals surface area contributed by atoms with E-state index in [4.69, 9.17) is 9.84 Å². The molecule has 0 spiro atoms. The van der Waals surface area contributed by atoms with Gasteiger partial charge in [0.15, 0.2) is 0 Å². The summed E-state index contributed by atoms with van der Waals surface area (Å²) in [4.78, 5) is 31.5. The van der Waals surface area contributed by atoms with Crippen molar-refractivity contribution in [2.75, 3.05) is 26.0 Å². The fraction of sp³-hybridized carbons (Fsp3) is 0.455. The van der Waals surface area contributed by atoms with Crippen molar-refractivity contribution >= 4 is 17.7 Å². The predicted octanol–water partition coefficient (Wildman–Crippen LogP) is 0.670. The van der Waals surface area contributed by atoms with Crippen LogP contribution >= 0.6 is 0 Å². The molecule has 0 aliphatic carbocycles. The Bertz CT molecular complexity index is 466. The molecular weight excluding hydrogens is 252 g/mol. The van der Waals surface area contributed by atoms with Crippen molar-refractivity contribution in [2.24, 2.45) is 5.92 Å². The largest absolute Gasteiger partial charge is 0.481 e. The number of rotatable bonds is 5. The number of amides is 2. The summed E-state index contributed by atoms with van der Waals surface area (Å²) in [6, 6.07) is -0.457. The number of nitrogens with one attached hydrogen (secondary N) is 1. The average Bonchev–Trinajstić information content (AvgIpc) is 2.38. The van der Waals surface area contributed by atoms with E-state index in [2.05, 4.69) is 15.3 Å². The Morgan fingerprint density at radius 3 is 2.84 bits per heavy atom. The molecule has 1 rings (SSSR count). The highest BCUT2D eigenvalue weighted by molar-refractivity contribution is 5.90. The van der Waals surface area contributed by atoms with E-state index < -0.39 is 17.9 Å². The summed E-state index contributed by atoms with van der Waals surface area (Å²) in [5.41, 5.74) is 0.324. The summed E-state index contributed by atoms with van der Waals surface area (Å²) in [6.45, 7) is 1.62. The predicted molar refractivity (Wildman–Crippen MR) is 67.0 cm³/mol. The van der Waals surface area contributed by atoms with E-state index in [-0.39, 0.29) is 12.4 Å². The summed E-state index contributed by atoms with van der Waals surface area (Å²) in [5, 5.41) is 11.3. The number of aromatic nitrogens is 2. The van der Waals surface area contributed by atoms with Gasteiger partial charge in [-0.25, -0.2) is 9.78 Å². The normalized spacial score (nSPS) is 11.5. The van der Waals surface area contributed by atoms with E-state index in [1.54, 1.807) is 0 Å². The van der Waals surface area contributed by atoms with Gasteiger partial charge in [0.05, 0.1) is 19.2 Å². The van der Waals surface area contributed by atoms with Gasteiger partial charge in [-0.05, 0) is 0 Å². The molecule has 1 aromatic heterocycles. The quantitative estimate of drug-likeness (QED) is 0.813. The van der Waals surface area contributed by atoms with Crippen LogP contribution in [-0.4, -0.2) is 52.7 Å². The molecule has 1 aromatic rings. The number of aliphatic carboxylic acids is 1. The van der Waals surface area contributed by atoms with Crippen LogP contribution in [0.2, 0.25) is 0 Å². The van der Waals surface area contributed by atoms with Crippen molar-refractivity contribution in [3.63, 3.8) is 0 Å². The van der Waals surface area contributed by atoms with E-state index in [1.807, 2.05) is 0 Å². The number of ether oxygens (including phenoxy) is 1. The molecule has 104 valence electrons. The highest BCUT2D eigenvalue weighted by Gasteiger charge is 2.18. The number of hydrogen-bond donors (Lipinski definition) is 2. The highest BCUT2D eigenvalue weighted by atomic mass is 16.5. The van der Waals surface area contributed by atoms with Gasteiger partial charge < -0.3 is 20.1 Å². The van der Waals surface area contributed by atoms with Crippen molar-refractivity contribution in [1.29, 1.82) is 0 Å². The van der Waals surface area contributed by atoms with E-state index in [1.165, 1.54) is 38.5 Å². The molecule has 1 unspecified atom stereocenters. The van der Waals surface area contributed by atoms with Gasteiger partial charge in [-0.1, -0.05) is 6.92 Å². The van der Waals surface area contributed by atoms with Crippen LogP contribution in [0.4, 0.5) is 10.5 Å². The van der Waals surface area contributed by atoms with E-state index in [9.17, 15) is 9.59 Å². The van der Waals surface area contributed by atoms with Gasteiger partial charge in [0.25, 0.3) is 0 Å². The van der Waals surface area contributed by atoms with Gasteiger partial charge >= 0.3 is 12.0 Å². The maximum atomic E-state index is 11.8. The second-order valence-corrected chi connectivity index (χ2v) is 4.00. The number of urea groups is 1. The van der Waals surface area contributed by atoms with Crippen molar-refractivity contribution < 1.29 is 19.4 Å². The second-order valence-electron chi connectivity index (χ2n) is 4.00. The molecule has 0 aliphatic rings. The topological polar surface area (TPSA) is 105 Å². The van der Waals surface area contributed by atoms with E-state index in [0.717, 1.165) is 0 Å². The molecule has 8 heteroatoms. The van der Waals surface area contributed by atoms with Crippen LogP contribution < -0.4 is 10.1 Å². The molecule has 19 heavy (non-hydrogen) atoms. The van der Waals surface area contributed by atoms with Gasteiger partial charge in [0.2, 0.25) is 5.88 Å². The summed E-state index contributed by atoms with van der Waals surface area (Å²) < 4.78 is 4.97. The molecule has 0 radical (unpaired) electrons. The smallest absolute Gasteiger partial charge is 0.321 e. The Kier molecular flexibility index (Phi) is 5.04. The number of methoxy groups -OCH3 is 1. The fourth-order valence-corrected chi connectivity index (χ4v) is 1.35. The zero-order chi connectivity index (χ0) is 14.4. The second kappa shape index (κ2) is 6.53. The van der Waals surface area contributed by atoms with Crippen LogP contribution in [0.15, 0.2) is 12.5 Å². The molecular formula is C11H16N4O4. The Hall–Kier alpha value is -2.38. The summed E-state index contributed by atoms with van der Waals surface area (Å²) in [6.07, 6.45) is 2.70. The van der Waals surface area contributed by atoms with Gasteiger partial charge in [0.1, 0.15) is 12.0 Å². The van der Waals surface area contributed by atoms with E-state index in [0.29, 0.717) is 5.69 Å². The highest BCUT2D eigenvalue weighted by Crippen LogP contribution is 2.18. The first kappa shape index (κ1) is 14.7. The van der Waals surface area contributed by atoms with E-state index >= 15 is 0 Å². The standard InChI is InChI=1S/C11H16N4O4/c1-7(10(16)17)5-15(2)11(18)14-8-4-12-6-13-9(8)19-3/h4,6-7H,5H2,1-3H3,(H,14,18)(H,16,17). The fourth-order valence-electron chi connectivity index (χ4n) is 1.35. The van der Waals surface area contributed by atoms with Gasteiger partial charge in [0, 0.05) is 13.6 Å². The lowest BCUT2D eigenvalue weighted by Gasteiger charge is -2.20. The third-order valence-electron chi connectivity index (χ3n) is 2.43. The third-order valence-corrected chi connectivity index (χ3v) is 2.43. The van der Waals surface area contributed by atoms with Crippen LogP contribution in [0.25, 0.3) is 0 Å². The van der Waals surface area contributed by atoms with Crippen molar-refractivity contribution in [2.45, 2.75) is 6.92 Å². The van der Waals surface area contributed by atoms with Crippen LogP contribution in [0.3, 0.4) is 0 Å². The number of anilines is 1. The lowest BCUT2D eigenvalue weighted by Crippen LogP contribution is -2.36. The number of carbonyl (C=O) groups is 2. The minimum absolute atomic E-state index is 0.0944. The third kappa shape index (κ3) is 4.09. The van der Waals surface area contributed by atoms with Crippen molar-refractivity contribution in [3.05, 3.63) is 12.5 Å². The zero-order valence-electron chi connectivity index (χ0n) is 11.0. The van der Waals surface area contributed by atoms with Gasteiger partial charge in [-0.3, -0.25) is 4.79 Å². The first-order valence-corrected chi connectivity index (χ1v) is 5.54. The Labute approximate surface area is 110 Å². The molecule has 2 N–H and O–H groups in total. The summed E-state index contributed by atoms with van der Waals surface area (Å²) in [5.74, 6) is -1.37. The molecule has 0 aliphatic heterocycles. The Morgan fingerprint density at radius 2 is 2.26 bits per heavy atom. The molecule has 1 atom stereocenters. The molecule has 0 bridgehead atoms. The maximum absolute atomic E-state index is 11.8. The van der Waals surface area contributed by atoms with Crippen molar-refractivity contribution in [1.82, 2.24) is 14.9 Å². The summed E-state index contributed by atoms with van der Waals surface area (Å²) in [7, 11) is 2.93. The molecule has 0 saturated heterocycles. The average molecular weight is 268 g/mol. The Balaban J connectivity index is 2.66. The lowest BCUT2D eigenvalue weighted by molar-refractivity contribution is -0.141. The first-order chi connectivity index (χ1) is 8.95. The zero-order valence-corrected chi connectivity index (χ0v) is 11.0. The Morgan fingerprint density at radius 1 is 1.58 bits per heavy atom. The molecule has 0 saturated carbocycles. The SMILES string of the molecule is COc1ncncc1NC(=O)N(C)CC(C)C(=O)O. The van der Waals surface area contributed by atoms with Crippen LogP contribution in [0.1, 0.15) is 6.92 Å². The van der Waals surface area contributed by atoms with Crippen LogP contribution in [0, 0.1) is 5.92 Å². The van der Waals surface area contributed by atoms with Crippen LogP contribution in [-0.2, 0) is 4.79 Å². The lowest BCUT2D eigenvalue weighted by atomic mass is 10.2. The minimum atomic E-state index is -0.958. The number of hydrogen-bond acceptors (Lipinski definition) is 5. The number of carboxylic acid groups (broad SMARTS) is 1. The minimum Gasteiger partial charge on any atom is -0.481 e. The molecule has 8 nitrogen and oxygen atoms in total. The molecule has 2 amide bonds. The molecule has 0 aromatic carbocycles. The van der Waals surface area contributed by atoms with Gasteiger partial charge in [-0.2, -0.15) is 4.98 Å². The number of carbonyl (C=O) groups excluding carboxylic acids is 1. The maximum Gasteiger partial charge on any atom is 0.321 e.